The Morgan fingerprint density at radius 1 is 1.45 bits per heavy atom. The molecule has 1 aliphatic heterocycles. The van der Waals surface area contributed by atoms with Crippen LogP contribution in [-0.2, 0) is 0 Å². The summed E-state index contributed by atoms with van der Waals surface area (Å²) in [4.78, 5) is 24.9. The van der Waals surface area contributed by atoms with E-state index in [4.69, 9.17) is 5.73 Å². The topological polar surface area (TPSA) is 75.4 Å². The van der Waals surface area contributed by atoms with Crippen molar-refractivity contribution in [3.05, 3.63) is 29.6 Å². The van der Waals surface area contributed by atoms with E-state index in [9.17, 15) is 14.0 Å². The van der Waals surface area contributed by atoms with E-state index in [1.165, 1.54) is 12.1 Å². The molecule has 3 amide bonds. The van der Waals surface area contributed by atoms with Crippen LogP contribution in [0.2, 0.25) is 0 Å². The second-order valence-corrected chi connectivity index (χ2v) is 5.18. The van der Waals surface area contributed by atoms with E-state index in [1.54, 1.807) is 4.90 Å². The molecule has 0 saturated carbocycles. The van der Waals surface area contributed by atoms with Crippen molar-refractivity contribution in [3.63, 3.8) is 0 Å². The summed E-state index contributed by atoms with van der Waals surface area (Å²) in [5.74, 6) is -1.07. The molecule has 2 rings (SSSR count). The number of carbonyl (C=O) groups excluding carboxylic acids is 2. The van der Waals surface area contributed by atoms with Crippen LogP contribution in [0.5, 0.6) is 0 Å². The zero-order valence-electron chi connectivity index (χ0n) is 11.4. The van der Waals surface area contributed by atoms with Crippen molar-refractivity contribution in [2.24, 2.45) is 11.7 Å². The lowest BCUT2D eigenvalue weighted by molar-refractivity contribution is 0.0996. The quantitative estimate of drug-likeness (QED) is 0.870. The molecule has 108 valence electrons. The first-order valence-electron chi connectivity index (χ1n) is 6.62. The SMILES string of the molecule is C[C@@H]1CCCN(C(=O)Nc2ccc(F)c(C(N)=O)c2)C1. The second-order valence-electron chi connectivity index (χ2n) is 5.18. The first-order valence-corrected chi connectivity index (χ1v) is 6.62. The van der Waals surface area contributed by atoms with Crippen LogP contribution in [0.3, 0.4) is 0 Å². The van der Waals surface area contributed by atoms with Crippen molar-refractivity contribution >= 4 is 17.6 Å². The fraction of sp³-hybridized carbons (Fsp3) is 0.429. The summed E-state index contributed by atoms with van der Waals surface area (Å²) in [6, 6.07) is 3.54. The van der Waals surface area contributed by atoms with Gasteiger partial charge in [-0.15, -0.1) is 0 Å². The van der Waals surface area contributed by atoms with E-state index < -0.39 is 11.7 Å². The predicted molar refractivity (Wildman–Crippen MR) is 73.9 cm³/mol. The van der Waals surface area contributed by atoms with E-state index in [0.29, 0.717) is 24.7 Å². The molecule has 1 heterocycles. The van der Waals surface area contributed by atoms with Crippen molar-refractivity contribution < 1.29 is 14.0 Å². The molecule has 20 heavy (non-hydrogen) atoms. The minimum Gasteiger partial charge on any atom is -0.366 e. The van der Waals surface area contributed by atoms with Crippen LogP contribution in [0.1, 0.15) is 30.1 Å². The number of hydrogen-bond acceptors (Lipinski definition) is 2. The number of primary amides is 1. The van der Waals surface area contributed by atoms with Crippen LogP contribution < -0.4 is 11.1 Å². The minimum absolute atomic E-state index is 0.227. The standard InChI is InChI=1S/C14H18FN3O2/c1-9-3-2-6-18(8-9)14(20)17-10-4-5-12(15)11(7-10)13(16)19/h4-5,7,9H,2-3,6,8H2,1H3,(H2,16,19)(H,17,20)/t9-/m1/s1. The number of amides is 3. The van der Waals surface area contributed by atoms with Gasteiger partial charge in [0.1, 0.15) is 5.82 Å². The number of urea groups is 1. The molecule has 3 N–H and O–H groups in total. The van der Waals surface area contributed by atoms with Crippen LogP contribution in [0, 0.1) is 11.7 Å². The fourth-order valence-corrected chi connectivity index (χ4v) is 2.37. The highest BCUT2D eigenvalue weighted by Gasteiger charge is 2.21. The summed E-state index contributed by atoms with van der Waals surface area (Å²) < 4.78 is 13.3. The lowest BCUT2D eigenvalue weighted by Gasteiger charge is -2.30. The maximum absolute atomic E-state index is 13.3. The number of anilines is 1. The summed E-state index contributed by atoms with van der Waals surface area (Å²) in [6.07, 6.45) is 2.09. The average molecular weight is 279 g/mol. The molecule has 6 heteroatoms. The molecule has 0 bridgehead atoms. The van der Waals surface area contributed by atoms with Crippen LogP contribution in [0.4, 0.5) is 14.9 Å². The molecule has 1 saturated heterocycles. The third-order valence-corrected chi connectivity index (χ3v) is 3.43. The van der Waals surface area contributed by atoms with Gasteiger partial charge in [-0.2, -0.15) is 0 Å². The summed E-state index contributed by atoms with van der Waals surface area (Å²) in [7, 11) is 0. The minimum atomic E-state index is -0.856. The molecular formula is C14H18FN3O2. The van der Waals surface area contributed by atoms with Gasteiger partial charge >= 0.3 is 6.03 Å². The number of nitrogens with zero attached hydrogens (tertiary/aromatic N) is 1. The summed E-state index contributed by atoms with van der Waals surface area (Å²) in [6.45, 7) is 3.51. The predicted octanol–water partition coefficient (Wildman–Crippen LogP) is 2.19. The lowest BCUT2D eigenvalue weighted by Crippen LogP contribution is -2.41. The Morgan fingerprint density at radius 2 is 2.20 bits per heavy atom. The van der Waals surface area contributed by atoms with Crippen molar-refractivity contribution in [3.8, 4) is 0 Å². The molecule has 0 aromatic heterocycles. The number of nitrogens with two attached hydrogens (primary N) is 1. The third kappa shape index (κ3) is 3.26. The normalized spacial score (nSPS) is 18.7. The maximum atomic E-state index is 13.3. The van der Waals surface area contributed by atoms with E-state index in [-0.39, 0.29) is 11.6 Å². The van der Waals surface area contributed by atoms with Crippen LogP contribution in [-0.4, -0.2) is 29.9 Å². The lowest BCUT2D eigenvalue weighted by atomic mass is 10.0. The molecule has 0 unspecified atom stereocenters. The van der Waals surface area contributed by atoms with Gasteiger partial charge in [0.15, 0.2) is 0 Å². The Bertz CT molecular complexity index is 533. The van der Waals surface area contributed by atoms with Crippen LogP contribution in [0.25, 0.3) is 0 Å². The Labute approximate surface area is 116 Å². The number of piperidine rings is 1. The van der Waals surface area contributed by atoms with E-state index >= 15 is 0 Å². The maximum Gasteiger partial charge on any atom is 0.321 e. The van der Waals surface area contributed by atoms with Crippen molar-refractivity contribution in [2.75, 3.05) is 18.4 Å². The fourth-order valence-electron chi connectivity index (χ4n) is 2.37. The molecule has 1 fully saturated rings. The molecule has 1 aliphatic rings. The monoisotopic (exact) mass is 279 g/mol. The van der Waals surface area contributed by atoms with Gasteiger partial charge in [0.2, 0.25) is 0 Å². The van der Waals surface area contributed by atoms with Crippen molar-refractivity contribution in [1.29, 1.82) is 0 Å². The van der Waals surface area contributed by atoms with Gasteiger partial charge in [0.25, 0.3) is 5.91 Å². The zero-order valence-corrected chi connectivity index (χ0v) is 11.4. The Morgan fingerprint density at radius 3 is 2.85 bits per heavy atom. The van der Waals surface area contributed by atoms with Gasteiger partial charge in [0, 0.05) is 18.8 Å². The van der Waals surface area contributed by atoms with Gasteiger partial charge in [-0.25, -0.2) is 9.18 Å². The van der Waals surface area contributed by atoms with Gasteiger partial charge < -0.3 is 16.0 Å². The molecule has 0 aliphatic carbocycles. The average Bonchev–Trinajstić information content (AvgIpc) is 2.40. The van der Waals surface area contributed by atoms with Gasteiger partial charge in [-0.1, -0.05) is 6.92 Å². The number of hydrogen-bond donors (Lipinski definition) is 2. The number of likely N-dealkylation sites (tertiary alicyclic amines) is 1. The Kier molecular flexibility index (Phi) is 4.22. The first kappa shape index (κ1) is 14.3. The number of nitrogens with one attached hydrogen (secondary N) is 1. The summed E-state index contributed by atoms with van der Waals surface area (Å²) in [5.41, 5.74) is 5.21. The van der Waals surface area contributed by atoms with Crippen LogP contribution >= 0.6 is 0 Å². The molecule has 0 radical (unpaired) electrons. The van der Waals surface area contributed by atoms with Crippen molar-refractivity contribution in [2.45, 2.75) is 19.8 Å². The number of halogens is 1. The number of carbonyl (C=O) groups is 2. The molecule has 5 nitrogen and oxygen atoms in total. The summed E-state index contributed by atoms with van der Waals surface area (Å²) in [5, 5.41) is 2.67. The Hall–Kier alpha value is -2.11. The zero-order chi connectivity index (χ0) is 14.7. The van der Waals surface area contributed by atoms with Gasteiger partial charge in [-0.05, 0) is 37.0 Å². The molecular weight excluding hydrogens is 261 g/mol. The first-order chi connectivity index (χ1) is 9.47. The molecule has 1 atom stereocenters. The van der Waals surface area contributed by atoms with Crippen molar-refractivity contribution in [1.82, 2.24) is 4.90 Å². The van der Waals surface area contributed by atoms with Crippen LogP contribution in [0.15, 0.2) is 18.2 Å². The van der Waals surface area contributed by atoms with Gasteiger partial charge in [-0.3, -0.25) is 4.79 Å². The molecule has 1 aromatic rings. The molecule has 0 spiro atoms. The number of benzene rings is 1. The van der Waals surface area contributed by atoms with E-state index in [2.05, 4.69) is 12.2 Å². The largest absolute Gasteiger partial charge is 0.366 e. The highest BCUT2D eigenvalue weighted by atomic mass is 19.1. The van der Waals surface area contributed by atoms with Gasteiger partial charge in [0.05, 0.1) is 5.56 Å². The smallest absolute Gasteiger partial charge is 0.321 e. The Balaban J connectivity index is 2.07. The third-order valence-electron chi connectivity index (χ3n) is 3.43. The summed E-state index contributed by atoms with van der Waals surface area (Å²) >= 11 is 0. The highest BCUT2D eigenvalue weighted by Crippen LogP contribution is 2.18. The molecule has 1 aromatic carbocycles. The highest BCUT2D eigenvalue weighted by molar-refractivity contribution is 5.96. The second kappa shape index (κ2) is 5.90. The van der Waals surface area contributed by atoms with E-state index in [0.717, 1.165) is 18.9 Å². The number of rotatable bonds is 2. The van der Waals surface area contributed by atoms with E-state index in [1.807, 2.05) is 0 Å².